The summed E-state index contributed by atoms with van der Waals surface area (Å²) in [4.78, 5) is 4.08. The van der Waals surface area contributed by atoms with Crippen LogP contribution >= 0.6 is 0 Å². The van der Waals surface area contributed by atoms with E-state index in [1.54, 1.807) is 12.4 Å². The van der Waals surface area contributed by atoms with Crippen LogP contribution in [0.5, 0.6) is 0 Å². The van der Waals surface area contributed by atoms with E-state index < -0.39 is 0 Å². The lowest BCUT2D eigenvalue weighted by atomic mass is 9.96. The van der Waals surface area contributed by atoms with E-state index in [4.69, 9.17) is 5.10 Å². The average molecular weight is 324 g/mol. The van der Waals surface area contributed by atoms with Crippen molar-refractivity contribution in [3.8, 4) is 11.3 Å². The van der Waals surface area contributed by atoms with Crippen molar-refractivity contribution < 1.29 is 0 Å². The van der Waals surface area contributed by atoms with Gasteiger partial charge >= 0.3 is 0 Å². The highest BCUT2D eigenvalue weighted by molar-refractivity contribution is 5.58. The van der Waals surface area contributed by atoms with E-state index in [-0.39, 0.29) is 0 Å². The van der Waals surface area contributed by atoms with Gasteiger partial charge in [-0.3, -0.25) is 9.47 Å². The fourth-order valence-electron chi connectivity index (χ4n) is 4.40. The van der Waals surface area contributed by atoms with Crippen molar-refractivity contribution >= 4 is 5.82 Å². The first-order valence-electron chi connectivity index (χ1n) is 9.21. The van der Waals surface area contributed by atoms with Crippen LogP contribution in [0.25, 0.3) is 11.3 Å². The molecule has 0 radical (unpaired) electrons. The summed E-state index contributed by atoms with van der Waals surface area (Å²) in [5, 5.41) is 12.8. The number of likely N-dealkylation sites (tertiary alicyclic amines) is 1. The van der Waals surface area contributed by atoms with Crippen molar-refractivity contribution in [3.63, 3.8) is 0 Å². The van der Waals surface area contributed by atoms with Gasteiger partial charge in [0.2, 0.25) is 5.82 Å². The van der Waals surface area contributed by atoms with Gasteiger partial charge in [-0.25, -0.2) is 0 Å². The summed E-state index contributed by atoms with van der Waals surface area (Å²) in [5.74, 6) is 1.17. The predicted molar refractivity (Wildman–Crippen MR) is 96.5 cm³/mol. The lowest BCUT2D eigenvalue weighted by Gasteiger charge is -2.47. The van der Waals surface area contributed by atoms with Gasteiger partial charge in [-0.05, 0) is 37.5 Å². The number of hydrogen-bond donors (Lipinski definition) is 1. The number of rotatable bonds is 3. The molecule has 0 amide bonds. The maximum absolute atomic E-state index is 4.71. The van der Waals surface area contributed by atoms with Gasteiger partial charge in [0.15, 0.2) is 0 Å². The monoisotopic (exact) mass is 324 g/mol. The minimum atomic E-state index is 0.688. The third-order valence-corrected chi connectivity index (χ3v) is 5.70. The number of pyridine rings is 1. The molecule has 1 N–H and O–H groups in total. The van der Waals surface area contributed by atoms with Crippen molar-refractivity contribution in [3.05, 3.63) is 36.7 Å². The molecule has 0 bridgehead atoms. The SMILES string of the molecule is c1cc(-c2ccc([N+]3(C4CCNCC4)CCCCC3)nn2)ccn1. The van der Waals surface area contributed by atoms with Crippen LogP contribution in [0.1, 0.15) is 32.1 Å². The van der Waals surface area contributed by atoms with E-state index >= 15 is 0 Å². The van der Waals surface area contributed by atoms with Crippen LogP contribution in [0.15, 0.2) is 36.7 Å². The van der Waals surface area contributed by atoms with E-state index in [0.717, 1.165) is 28.8 Å². The van der Waals surface area contributed by atoms with Crippen LogP contribution in [0.2, 0.25) is 0 Å². The van der Waals surface area contributed by atoms with Crippen LogP contribution in [0.3, 0.4) is 0 Å². The lowest BCUT2D eigenvalue weighted by molar-refractivity contribution is 0.133. The quantitative estimate of drug-likeness (QED) is 0.882. The lowest BCUT2D eigenvalue weighted by Crippen LogP contribution is -2.62. The Kier molecular flexibility index (Phi) is 4.54. The first kappa shape index (κ1) is 15.7. The summed E-state index contributed by atoms with van der Waals surface area (Å²) < 4.78 is 1.05. The van der Waals surface area contributed by atoms with E-state index in [2.05, 4.69) is 27.5 Å². The Hall–Kier alpha value is -1.85. The number of quaternary nitrogens is 1. The summed E-state index contributed by atoms with van der Waals surface area (Å²) in [6, 6.07) is 9.01. The van der Waals surface area contributed by atoms with Gasteiger partial charge in [0, 0.05) is 50.0 Å². The third kappa shape index (κ3) is 2.94. The molecule has 2 aromatic rings. The second-order valence-electron chi connectivity index (χ2n) is 7.04. The van der Waals surface area contributed by atoms with Gasteiger partial charge in [-0.15, -0.1) is 5.10 Å². The van der Waals surface area contributed by atoms with Crippen molar-refractivity contribution in [1.29, 1.82) is 0 Å². The summed E-state index contributed by atoms with van der Waals surface area (Å²) in [5.41, 5.74) is 2.01. The Morgan fingerprint density at radius 3 is 2.29 bits per heavy atom. The zero-order valence-electron chi connectivity index (χ0n) is 14.2. The minimum absolute atomic E-state index is 0.688. The standard InChI is InChI=1S/C19H26N5/c1-2-14-24(15-3-1,17-8-12-21-13-9-17)19-5-4-18(22-23-19)16-6-10-20-11-7-16/h4-7,10-11,17,21H,1-3,8-9,12-15H2/q+1. The molecule has 2 fully saturated rings. The molecule has 24 heavy (non-hydrogen) atoms. The van der Waals surface area contributed by atoms with Crippen LogP contribution in [-0.2, 0) is 0 Å². The molecule has 0 unspecified atom stereocenters. The molecule has 5 nitrogen and oxygen atoms in total. The third-order valence-electron chi connectivity index (χ3n) is 5.70. The highest BCUT2D eigenvalue weighted by atomic mass is 15.4. The number of piperidine rings is 2. The highest BCUT2D eigenvalue weighted by Crippen LogP contribution is 2.33. The van der Waals surface area contributed by atoms with Crippen LogP contribution in [0, 0.1) is 0 Å². The number of nitrogens with one attached hydrogen (secondary N) is 1. The molecule has 126 valence electrons. The fourth-order valence-corrected chi connectivity index (χ4v) is 4.40. The maximum atomic E-state index is 4.71. The average Bonchev–Trinajstić information content (AvgIpc) is 2.70. The van der Waals surface area contributed by atoms with Crippen molar-refractivity contribution in [2.45, 2.75) is 38.1 Å². The van der Waals surface area contributed by atoms with Crippen molar-refractivity contribution in [1.82, 2.24) is 25.0 Å². The summed E-state index contributed by atoms with van der Waals surface area (Å²) in [7, 11) is 0. The Balaban J connectivity index is 1.65. The minimum Gasteiger partial charge on any atom is -0.316 e. The molecular weight excluding hydrogens is 298 g/mol. The van der Waals surface area contributed by atoms with Crippen LogP contribution in [-0.4, -0.2) is 47.4 Å². The fraction of sp³-hybridized carbons (Fsp3) is 0.526. The first-order chi connectivity index (χ1) is 11.9. The van der Waals surface area contributed by atoms with Gasteiger partial charge < -0.3 is 5.32 Å². The smallest absolute Gasteiger partial charge is 0.247 e. The first-order valence-corrected chi connectivity index (χ1v) is 9.21. The summed E-state index contributed by atoms with van der Waals surface area (Å²) in [6.45, 7) is 4.70. The van der Waals surface area contributed by atoms with Crippen molar-refractivity contribution in [2.75, 3.05) is 26.2 Å². The molecule has 2 saturated heterocycles. The van der Waals surface area contributed by atoms with Crippen molar-refractivity contribution in [2.24, 2.45) is 0 Å². The number of aromatic nitrogens is 3. The normalized spacial score (nSPS) is 21.5. The van der Waals surface area contributed by atoms with Gasteiger partial charge in [-0.2, -0.15) is 0 Å². The topological polar surface area (TPSA) is 50.7 Å². The van der Waals surface area contributed by atoms with E-state index in [9.17, 15) is 0 Å². The highest BCUT2D eigenvalue weighted by Gasteiger charge is 2.42. The van der Waals surface area contributed by atoms with Gasteiger partial charge in [0.1, 0.15) is 0 Å². The molecule has 0 saturated carbocycles. The molecular formula is C19H26N5+. The Labute approximate surface area is 143 Å². The van der Waals surface area contributed by atoms with Gasteiger partial charge in [0.05, 0.1) is 24.8 Å². The van der Waals surface area contributed by atoms with E-state index in [0.29, 0.717) is 6.04 Å². The molecule has 2 aliphatic heterocycles. The molecule has 0 spiro atoms. The van der Waals surface area contributed by atoms with Gasteiger partial charge in [-0.1, -0.05) is 5.10 Å². The predicted octanol–water partition coefficient (Wildman–Crippen LogP) is 2.78. The number of hydrogen-bond acceptors (Lipinski definition) is 4. The van der Waals surface area contributed by atoms with Crippen LogP contribution in [0.4, 0.5) is 5.82 Å². The molecule has 0 aliphatic carbocycles. The molecule has 5 heteroatoms. The maximum Gasteiger partial charge on any atom is 0.247 e. The molecule has 0 atom stereocenters. The summed E-state index contributed by atoms with van der Waals surface area (Å²) in [6.07, 6.45) is 10.1. The Bertz CT molecular complexity index is 643. The Morgan fingerprint density at radius 2 is 1.62 bits per heavy atom. The van der Waals surface area contributed by atoms with E-state index in [1.807, 2.05) is 12.1 Å². The largest absolute Gasteiger partial charge is 0.316 e. The number of nitrogens with zero attached hydrogens (tertiary/aromatic N) is 4. The zero-order chi connectivity index (χ0) is 16.2. The zero-order valence-corrected chi connectivity index (χ0v) is 14.2. The molecule has 2 aromatic heterocycles. The van der Waals surface area contributed by atoms with Crippen LogP contribution < -0.4 is 9.80 Å². The summed E-state index contributed by atoms with van der Waals surface area (Å²) >= 11 is 0. The second kappa shape index (κ2) is 6.95. The molecule has 4 heterocycles. The second-order valence-corrected chi connectivity index (χ2v) is 7.04. The molecule has 2 aliphatic rings. The molecule has 0 aromatic carbocycles. The Morgan fingerprint density at radius 1 is 0.875 bits per heavy atom. The molecule has 4 rings (SSSR count). The van der Waals surface area contributed by atoms with Gasteiger partial charge in [0.25, 0.3) is 0 Å². The van der Waals surface area contributed by atoms with E-state index in [1.165, 1.54) is 51.0 Å².